The van der Waals surface area contributed by atoms with E-state index in [4.69, 9.17) is 0 Å². The van der Waals surface area contributed by atoms with Crippen LogP contribution in [-0.2, 0) is 10.0 Å². The monoisotopic (exact) mass is 440 g/mol. The van der Waals surface area contributed by atoms with Crippen LogP contribution in [0.2, 0.25) is 0 Å². The van der Waals surface area contributed by atoms with Crippen molar-refractivity contribution in [1.29, 1.82) is 0 Å². The summed E-state index contributed by atoms with van der Waals surface area (Å²) in [5.74, 6) is 0. The van der Waals surface area contributed by atoms with E-state index in [1.807, 2.05) is 12.1 Å². The average molecular weight is 441 g/mol. The molecule has 2 aromatic rings. The van der Waals surface area contributed by atoms with E-state index in [-0.39, 0.29) is 6.04 Å². The summed E-state index contributed by atoms with van der Waals surface area (Å²) in [6.45, 7) is 6.67. The molecule has 0 aliphatic carbocycles. The van der Waals surface area contributed by atoms with Gasteiger partial charge in [-0.1, -0.05) is 28.1 Å². The van der Waals surface area contributed by atoms with Crippen LogP contribution in [0.1, 0.15) is 42.8 Å². The van der Waals surface area contributed by atoms with Crippen molar-refractivity contribution >= 4 is 26.0 Å². The molecule has 2 N–H and O–H groups in total. The number of hydrogen-bond donors (Lipinski definition) is 2. The second-order valence-corrected chi connectivity index (χ2v) is 9.68. The number of sulfonamides is 1. The summed E-state index contributed by atoms with van der Waals surface area (Å²) in [5, 5.41) is 10.4. The second kappa shape index (κ2) is 7.80. The highest BCUT2D eigenvalue weighted by Crippen LogP contribution is 2.26. The molecule has 2 heterocycles. The predicted molar refractivity (Wildman–Crippen MR) is 106 cm³/mol. The van der Waals surface area contributed by atoms with Gasteiger partial charge < -0.3 is 5.32 Å². The number of aromatic nitrogens is 2. The summed E-state index contributed by atoms with van der Waals surface area (Å²) >= 11 is 3.51. The number of aryl methyl sites for hydroxylation is 2. The van der Waals surface area contributed by atoms with Gasteiger partial charge in [0, 0.05) is 29.6 Å². The summed E-state index contributed by atoms with van der Waals surface area (Å²) in [5.41, 5.74) is 2.36. The number of piperidine rings is 1. The van der Waals surface area contributed by atoms with Gasteiger partial charge >= 0.3 is 0 Å². The van der Waals surface area contributed by atoms with Crippen LogP contribution in [0.5, 0.6) is 0 Å². The normalized spacial score (nSPS) is 18.2. The van der Waals surface area contributed by atoms with Crippen molar-refractivity contribution in [1.82, 2.24) is 19.8 Å². The van der Waals surface area contributed by atoms with Crippen LogP contribution in [0, 0.1) is 13.8 Å². The summed E-state index contributed by atoms with van der Waals surface area (Å²) in [7, 11) is -3.48. The van der Waals surface area contributed by atoms with E-state index >= 15 is 0 Å². The van der Waals surface area contributed by atoms with Crippen LogP contribution in [0.3, 0.4) is 0 Å². The number of nitrogens with one attached hydrogen (secondary N) is 2. The molecule has 0 amide bonds. The highest BCUT2D eigenvalue weighted by molar-refractivity contribution is 9.10. The van der Waals surface area contributed by atoms with Gasteiger partial charge in [0.25, 0.3) is 0 Å². The van der Waals surface area contributed by atoms with E-state index < -0.39 is 10.0 Å². The zero-order valence-corrected chi connectivity index (χ0v) is 17.7. The molecule has 1 aromatic carbocycles. The fourth-order valence-electron chi connectivity index (χ4n) is 3.54. The zero-order valence-electron chi connectivity index (χ0n) is 15.3. The first-order valence-corrected chi connectivity index (χ1v) is 11.1. The van der Waals surface area contributed by atoms with Crippen LogP contribution in [0.4, 0.5) is 0 Å². The number of aromatic amines is 1. The Morgan fingerprint density at radius 3 is 2.58 bits per heavy atom. The summed E-state index contributed by atoms with van der Waals surface area (Å²) in [4.78, 5) is 0.325. The fraction of sp³-hybridized carbons (Fsp3) is 0.500. The van der Waals surface area contributed by atoms with Crippen LogP contribution < -0.4 is 5.32 Å². The maximum Gasteiger partial charge on any atom is 0.246 e. The molecule has 0 spiro atoms. The molecule has 142 valence electrons. The molecule has 0 saturated carbocycles. The maximum absolute atomic E-state index is 12.9. The van der Waals surface area contributed by atoms with Crippen molar-refractivity contribution in [3.05, 3.63) is 45.7 Å². The molecule has 1 aliphatic rings. The lowest BCUT2D eigenvalue weighted by molar-refractivity contribution is 0.277. The molecule has 8 heteroatoms. The molecule has 1 aliphatic heterocycles. The molecule has 1 atom stereocenters. The lowest BCUT2D eigenvalue weighted by Crippen LogP contribution is -2.45. The Morgan fingerprint density at radius 2 is 2.00 bits per heavy atom. The van der Waals surface area contributed by atoms with Gasteiger partial charge in [-0.3, -0.25) is 5.10 Å². The topological polar surface area (TPSA) is 78.1 Å². The van der Waals surface area contributed by atoms with Gasteiger partial charge in [0.2, 0.25) is 10.0 Å². The fourth-order valence-corrected chi connectivity index (χ4v) is 5.76. The first-order chi connectivity index (χ1) is 12.3. The van der Waals surface area contributed by atoms with Gasteiger partial charge in [-0.2, -0.15) is 9.40 Å². The SMILES string of the molecule is Cc1n[nH]c(C)c1S(=O)(=O)N1CCC(N[C@@H](C)c2cccc(Br)c2)CC1. The third-order valence-corrected chi connectivity index (χ3v) is 7.60. The highest BCUT2D eigenvalue weighted by Gasteiger charge is 2.33. The molecule has 6 nitrogen and oxygen atoms in total. The average Bonchev–Trinajstić information content (AvgIpc) is 2.94. The minimum atomic E-state index is -3.48. The van der Waals surface area contributed by atoms with Gasteiger partial charge in [-0.15, -0.1) is 0 Å². The number of benzene rings is 1. The van der Waals surface area contributed by atoms with Crippen molar-refractivity contribution in [3.63, 3.8) is 0 Å². The maximum atomic E-state index is 12.9. The molecule has 26 heavy (non-hydrogen) atoms. The molecule has 0 bridgehead atoms. The van der Waals surface area contributed by atoms with Crippen molar-refractivity contribution in [2.75, 3.05) is 13.1 Å². The van der Waals surface area contributed by atoms with Crippen molar-refractivity contribution in [2.24, 2.45) is 0 Å². The van der Waals surface area contributed by atoms with Gasteiger partial charge in [-0.05, 0) is 51.3 Å². The number of H-pyrrole nitrogens is 1. The van der Waals surface area contributed by atoms with Crippen molar-refractivity contribution in [2.45, 2.75) is 50.6 Å². The number of nitrogens with zero attached hydrogens (tertiary/aromatic N) is 2. The van der Waals surface area contributed by atoms with Gasteiger partial charge in [0.15, 0.2) is 0 Å². The molecule has 3 rings (SSSR count). The predicted octanol–water partition coefficient (Wildman–Crippen LogP) is 3.29. The minimum Gasteiger partial charge on any atom is -0.307 e. The molecule has 0 unspecified atom stereocenters. The Kier molecular flexibility index (Phi) is 5.86. The number of rotatable bonds is 5. The van der Waals surface area contributed by atoms with E-state index in [9.17, 15) is 8.42 Å². The summed E-state index contributed by atoms with van der Waals surface area (Å²) < 4.78 is 28.5. The quantitative estimate of drug-likeness (QED) is 0.747. The lowest BCUT2D eigenvalue weighted by Gasteiger charge is -2.33. The Labute approximate surface area is 163 Å². The van der Waals surface area contributed by atoms with Crippen LogP contribution in [-0.4, -0.2) is 42.1 Å². The Bertz CT molecular complexity index is 854. The van der Waals surface area contributed by atoms with Gasteiger partial charge in [0.1, 0.15) is 4.90 Å². The Morgan fingerprint density at radius 1 is 1.31 bits per heavy atom. The third kappa shape index (κ3) is 4.03. The van der Waals surface area contributed by atoms with Crippen LogP contribution >= 0.6 is 15.9 Å². The number of hydrogen-bond acceptors (Lipinski definition) is 4. The van der Waals surface area contributed by atoms with Crippen molar-refractivity contribution < 1.29 is 8.42 Å². The van der Waals surface area contributed by atoms with E-state index in [1.165, 1.54) is 5.56 Å². The molecule has 1 aromatic heterocycles. The molecule has 0 radical (unpaired) electrons. The number of halogens is 1. The van der Waals surface area contributed by atoms with Crippen LogP contribution in [0.25, 0.3) is 0 Å². The first-order valence-electron chi connectivity index (χ1n) is 8.82. The van der Waals surface area contributed by atoms with E-state index in [1.54, 1.807) is 18.2 Å². The highest BCUT2D eigenvalue weighted by atomic mass is 79.9. The lowest BCUT2D eigenvalue weighted by atomic mass is 10.0. The zero-order chi connectivity index (χ0) is 18.9. The molecule has 1 saturated heterocycles. The summed E-state index contributed by atoms with van der Waals surface area (Å²) in [6.07, 6.45) is 1.60. The van der Waals surface area contributed by atoms with Gasteiger partial charge in [-0.25, -0.2) is 8.42 Å². The molecular formula is C18H25BrN4O2S. The van der Waals surface area contributed by atoms with Crippen LogP contribution in [0.15, 0.2) is 33.6 Å². The van der Waals surface area contributed by atoms with Crippen molar-refractivity contribution in [3.8, 4) is 0 Å². The van der Waals surface area contributed by atoms with E-state index in [2.05, 4.69) is 50.5 Å². The minimum absolute atomic E-state index is 0.221. The Hall–Kier alpha value is -1.22. The largest absolute Gasteiger partial charge is 0.307 e. The van der Waals surface area contributed by atoms with E-state index in [0.29, 0.717) is 35.4 Å². The second-order valence-electron chi connectivity index (χ2n) is 6.88. The van der Waals surface area contributed by atoms with E-state index in [0.717, 1.165) is 17.3 Å². The molecule has 1 fully saturated rings. The smallest absolute Gasteiger partial charge is 0.246 e. The standard InChI is InChI=1S/C18H25BrN4O2S/c1-12(15-5-4-6-16(19)11-15)20-17-7-9-23(10-8-17)26(24,25)18-13(2)21-22-14(18)3/h4-6,11-12,17,20H,7-10H2,1-3H3,(H,21,22)/t12-/m0/s1. The molecular weight excluding hydrogens is 416 g/mol. The Balaban J connectivity index is 1.62. The van der Waals surface area contributed by atoms with Gasteiger partial charge in [0.05, 0.1) is 11.4 Å². The third-order valence-electron chi connectivity index (χ3n) is 4.95. The first kappa shape index (κ1) is 19.5. The summed E-state index contributed by atoms with van der Waals surface area (Å²) in [6, 6.07) is 8.79.